The Bertz CT molecular complexity index is 1190. The summed E-state index contributed by atoms with van der Waals surface area (Å²) >= 11 is 0. The number of rotatable bonds is 3. The first-order chi connectivity index (χ1) is 13.0. The molecular formula is C21H19FN4O. The number of halogens is 1. The van der Waals surface area contributed by atoms with Gasteiger partial charge in [0.25, 0.3) is 0 Å². The van der Waals surface area contributed by atoms with E-state index in [1.54, 1.807) is 18.2 Å². The first kappa shape index (κ1) is 16.1. The molecule has 6 heteroatoms. The van der Waals surface area contributed by atoms with Gasteiger partial charge in [0.15, 0.2) is 5.88 Å². The molecule has 2 heterocycles. The normalized spacial score (nSPS) is 15.4. The molecule has 5 rings (SSSR count). The second-order valence-electron chi connectivity index (χ2n) is 7.51. The zero-order chi connectivity index (χ0) is 18.8. The Balaban J connectivity index is 1.61. The van der Waals surface area contributed by atoms with Crippen molar-refractivity contribution in [1.29, 1.82) is 0 Å². The van der Waals surface area contributed by atoms with Crippen LogP contribution in [0.25, 0.3) is 27.7 Å². The number of hydrogen-bond donors (Lipinski definition) is 1. The van der Waals surface area contributed by atoms with Gasteiger partial charge in [0.2, 0.25) is 0 Å². The monoisotopic (exact) mass is 362 g/mol. The highest BCUT2D eigenvalue weighted by molar-refractivity contribution is 5.91. The lowest BCUT2D eigenvalue weighted by Gasteiger charge is -2.11. The molecule has 27 heavy (non-hydrogen) atoms. The average molecular weight is 362 g/mol. The molecule has 0 bridgehead atoms. The maximum absolute atomic E-state index is 14.1. The molecule has 2 aromatic heterocycles. The summed E-state index contributed by atoms with van der Waals surface area (Å²) in [7, 11) is 0. The number of fused-ring (bicyclic) bond motifs is 1. The van der Waals surface area contributed by atoms with Gasteiger partial charge in [-0.15, -0.1) is 5.10 Å². The molecule has 0 saturated heterocycles. The average Bonchev–Trinajstić information content (AvgIpc) is 3.15. The third-order valence-corrected chi connectivity index (χ3v) is 5.59. The van der Waals surface area contributed by atoms with Crippen LogP contribution in [0.5, 0.6) is 5.88 Å². The molecule has 0 aliphatic heterocycles. The van der Waals surface area contributed by atoms with Crippen LogP contribution in [0.1, 0.15) is 25.5 Å². The number of para-hydroxylation sites is 1. The first-order valence-corrected chi connectivity index (χ1v) is 9.00. The quantitative estimate of drug-likeness (QED) is 0.582. The molecule has 1 saturated carbocycles. The Morgan fingerprint density at radius 1 is 1.15 bits per heavy atom. The first-order valence-electron chi connectivity index (χ1n) is 9.00. The molecule has 1 aliphatic rings. The third-order valence-electron chi connectivity index (χ3n) is 5.59. The van der Waals surface area contributed by atoms with E-state index in [0.29, 0.717) is 17.3 Å². The molecule has 1 aliphatic carbocycles. The highest BCUT2D eigenvalue weighted by Gasteiger charge is 2.41. The van der Waals surface area contributed by atoms with Crippen LogP contribution in [0, 0.1) is 12.7 Å². The van der Waals surface area contributed by atoms with Crippen LogP contribution in [-0.2, 0) is 5.54 Å². The smallest absolute Gasteiger partial charge is 0.199 e. The summed E-state index contributed by atoms with van der Waals surface area (Å²) < 4.78 is 17.6. The van der Waals surface area contributed by atoms with Gasteiger partial charge in [0, 0.05) is 28.1 Å². The van der Waals surface area contributed by atoms with Gasteiger partial charge in [-0.3, -0.25) is 0 Å². The van der Waals surface area contributed by atoms with Crippen molar-refractivity contribution in [3.63, 3.8) is 0 Å². The number of nitrogens with zero attached hydrogens (tertiary/aromatic N) is 4. The van der Waals surface area contributed by atoms with Crippen LogP contribution in [0.15, 0.2) is 48.7 Å². The zero-order valence-electron chi connectivity index (χ0n) is 15.1. The Morgan fingerprint density at radius 2 is 1.93 bits per heavy atom. The van der Waals surface area contributed by atoms with E-state index in [-0.39, 0.29) is 11.4 Å². The standard InChI is InChI=1S/C21H19FN4O/c1-13-19(23-24-26(13)18-6-4-3-5-17(18)22)14-7-8-16-15(11-14)12-25(20(16)27)21(2)9-10-21/h3-8,11-12,27H,9-10H2,1-2H3. The zero-order valence-corrected chi connectivity index (χ0v) is 15.1. The molecule has 136 valence electrons. The lowest BCUT2D eigenvalue weighted by Crippen LogP contribution is -2.09. The van der Waals surface area contributed by atoms with E-state index in [9.17, 15) is 9.50 Å². The van der Waals surface area contributed by atoms with E-state index in [1.165, 1.54) is 10.7 Å². The van der Waals surface area contributed by atoms with E-state index in [1.807, 2.05) is 35.9 Å². The van der Waals surface area contributed by atoms with Gasteiger partial charge in [0.1, 0.15) is 17.2 Å². The lowest BCUT2D eigenvalue weighted by atomic mass is 10.1. The van der Waals surface area contributed by atoms with Crippen LogP contribution >= 0.6 is 0 Å². The lowest BCUT2D eigenvalue weighted by molar-refractivity contribution is 0.386. The fourth-order valence-corrected chi connectivity index (χ4v) is 3.63. The molecule has 1 N–H and O–H groups in total. The van der Waals surface area contributed by atoms with Crippen molar-refractivity contribution < 1.29 is 9.50 Å². The Kier molecular flexibility index (Phi) is 3.22. The minimum atomic E-state index is -0.341. The predicted octanol–water partition coefficient (Wildman–Crippen LogP) is 4.55. The molecule has 4 aromatic rings. The number of aromatic hydroxyl groups is 1. The van der Waals surface area contributed by atoms with Crippen molar-refractivity contribution in [2.24, 2.45) is 0 Å². The van der Waals surface area contributed by atoms with Crippen molar-refractivity contribution in [2.75, 3.05) is 0 Å². The highest BCUT2D eigenvalue weighted by Crippen LogP contribution is 2.47. The Labute approximate surface area is 155 Å². The van der Waals surface area contributed by atoms with Crippen molar-refractivity contribution in [3.8, 4) is 22.8 Å². The second-order valence-corrected chi connectivity index (χ2v) is 7.51. The van der Waals surface area contributed by atoms with Crippen molar-refractivity contribution in [3.05, 3.63) is 60.2 Å². The molecular weight excluding hydrogens is 343 g/mol. The topological polar surface area (TPSA) is 55.9 Å². The van der Waals surface area contributed by atoms with Crippen LogP contribution in [0.4, 0.5) is 4.39 Å². The van der Waals surface area contributed by atoms with Gasteiger partial charge >= 0.3 is 0 Å². The minimum absolute atomic E-state index is 0.0210. The summed E-state index contributed by atoms with van der Waals surface area (Å²) in [5.74, 6) is -0.0320. The summed E-state index contributed by atoms with van der Waals surface area (Å²) in [5.41, 5.74) is 2.75. The summed E-state index contributed by atoms with van der Waals surface area (Å²) in [5, 5.41) is 20.8. The van der Waals surface area contributed by atoms with E-state index >= 15 is 0 Å². The Hall–Kier alpha value is -3.15. The maximum atomic E-state index is 14.1. The summed E-state index contributed by atoms with van der Waals surface area (Å²) in [6.07, 6.45) is 4.15. The van der Waals surface area contributed by atoms with Crippen molar-refractivity contribution >= 4 is 10.8 Å². The maximum Gasteiger partial charge on any atom is 0.199 e. The highest BCUT2D eigenvalue weighted by atomic mass is 19.1. The van der Waals surface area contributed by atoms with E-state index < -0.39 is 0 Å². The molecule has 0 unspecified atom stereocenters. The van der Waals surface area contributed by atoms with Crippen LogP contribution in [0.3, 0.4) is 0 Å². The van der Waals surface area contributed by atoms with Gasteiger partial charge in [0.05, 0.1) is 5.69 Å². The summed E-state index contributed by atoms with van der Waals surface area (Å²) in [6.45, 7) is 4.02. The van der Waals surface area contributed by atoms with E-state index in [4.69, 9.17) is 0 Å². The predicted molar refractivity (Wildman–Crippen MR) is 102 cm³/mol. The van der Waals surface area contributed by atoms with Gasteiger partial charge in [-0.1, -0.05) is 23.4 Å². The summed E-state index contributed by atoms with van der Waals surface area (Å²) in [6, 6.07) is 12.3. The molecule has 0 spiro atoms. The molecule has 0 atom stereocenters. The molecule has 0 amide bonds. The SMILES string of the molecule is Cc1c(-c2ccc3c(O)n(C4(C)CC4)cc3c2)nnn1-c1ccccc1F. The molecule has 0 radical (unpaired) electrons. The summed E-state index contributed by atoms with van der Waals surface area (Å²) in [4.78, 5) is 0. The largest absolute Gasteiger partial charge is 0.494 e. The van der Waals surface area contributed by atoms with Gasteiger partial charge in [-0.25, -0.2) is 9.07 Å². The fourth-order valence-electron chi connectivity index (χ4n) is 3.63. The number of hydrogen-bond acceptors (Lipinski definition) is 3. The van der Waals surface area contributed by atoms with Crippen LogP contribution < -0.4 is 0 Å². The van der Waals surface area contributed by atoms with Crippen LogP contribution in [0.2, 0.25) is 0 Å². The third kappa shape index (κ3) is 2.36. The minimum Gasteiger partial charge on any atom is -0.494 e. The second kappa shape index (κ2) is 5.42. The van der Waals surface area contributed by atoms with Crippen molar-refractivity contribution in [1.82, 2.24) is 19.6 Å². The fraction of sp³-hybridized carbons (Fsp3) is 0.238. The number of aromatic nitrogens is 4. The van der Waals surface area contributed by atoms with Gasteiger partial charge in [-0.2, -0.15) is 0 Å². The van der Waals surface area contributed by atoms with Crippen molar-refractivity contribution in [2.45, 2.75) is 32.2 Å². The number of benzene rings is 2. The van der Waals surface area contributed by atoms with Gasteiger partial charge in [-0.05, 0) is 51.0 Å². The Morgan fingerprint density at radius 3 is 2.67 bits per heavy atom. The van der Waals surface area contributed by atoms with Gasteiger partial charge < -0.3 is 9.67 Å². The van der Waals surface area contributed by atoms with Crippen LogP contribution in [-0.4, -0.2) is 24.7 Å². The molecule has 5 nitrogen and oxygen atoms in total. The van der Waals surface area contributed by atoms with E-state index in [0.717, 1.165) is 34.9 Å². The van der Waals surface area contributed by atoms with E-state index in [2.05, 4.69) is 17.2 Å². The molecule has 1 fully saturated rings. The molecule has 2 aromatic carbocycles.